The van der Waals surface area contributed by atoms with Gasteiger partial charge in [0.05, 0.1) is 6.54 Å². The molecule has 0 saturated carbocycles. The summed E-state index contributed by atoms with van der Waals surface area (Å²) in [6.07, 6.45) is 2.34. The van der Waals surface area contributed by atoms with Gasteiger partial charge in [0.25, 0.3) is 5.91 Å². The van der Waals surface area contributed by atoms with Crippen LogP contribution < -0.4 is 14.8 Å². The van der Waals surface area contributed by atoms with Gasteiger partial charge in [0, 0.05) is 23.5 Å². The highest BCUT2D eigenvalue weighted by Crippen LogP contribution is 2.33. The first-order chi connectivity index (χ1) is 13.2. The number of amides is 3. The minimum absolute atomic E-state index is 0.189. The van der Waals surface area contributed by atoms with Crippen LogP contribution in [0.1, 0.15) is 11.1 Å². The third-order valence-electron chi connectivity index (χ3n) is 4.98. The first-order valence-electron chi connectivity index (χ1n) is 8.74. The fourth-order valence-electron chi connectivity index (χ4n) is 3.61. The van der Waals surface area contributed by atoms with Crippen LogP contribution in [0.25, 0.3) is 10.9 Å². The van der Waals surface area contributed by atoms with Crippen molar-refractivity contribution in [1.29, 1.82) is 0 Å². The Morgan fingerprint density at radius 3 is 2.85 bits per heavy atom. The van der Waals surface area contributed by atoms with E-state index >= 15 is 0 Å². The Morgan fingerprint density at radius 2 is 1.93 bits per heavy atom. The van der Waals surface area contributed by atoms with E-state index in [0.717, 1.165) is 22.0 Å². The van der Waals surface area contributed by atoms with E-state index in [1.807, 2.05) is 36.5 Å². The van der Waals surface area contributed by atoms with Gasteiger partial charge in [-0.25, -0.2) is 4.79 Å². The number of ether oxygens (including phenoxy) is 2. The number of hydrogen-bond acceptors (Lipinski definition) is 4. The molecule has 136 valence electrons. The summed E-state index contributed by atoms with van der Waals surface area (Å²) in [6, 6.07) is 12.4. The van der Waals surface area contributed by atoms with Crippen molar-refractivity contribution in [2.75, 3.05) is 6.79 Å². The van der Waals surface area contributed by atoms with Crippen molar-refractivity contribution in [1.82, 2.24) is 15.2 Å². The summed E-state index contributed by atoms with van der Waals surface area (Å²) in [5.74, 6) is 1.09. The molecule has 1 unspecified atom stereocenters. The lowest BCUT2D eigenvalue weighted by Crippen LogP contribution is -2.32. The first kappa shape index (κ1) is 15.7. The van der Waals surface area contributed by atoms with Crippen LogP contribution in [0.4, 0.5) is 4.79 Å². The molecule has 27 heavy (non-hydrogen) atoms. The number of rotatable bonds is 4. The molecule has 5 rings (SSSR count). The van der Waals surface area contributed by atoms with E-state index in [2.05, 4.69) is 10.3 Å². The van der Waals surface area contributed by atoms with E-state index in [1.54, 1.807) is 12.1 Å². The standard InChI is InChI=1S/C20H17N3O4/c24-19-16(8-13-9-21-15-4-2-1-3-14(13)15)22-20(25)23(19)10-12-5-6-17-18(7-12)27-11-26-17/h1-7,9,16,21H,8,10-11H2,(H,22,25). The van der Waals surface area contributed by atoms with Crippen LogP contribution in [-0.4, -0.2) is 34.7 Å². The van der Waals surface area contributed by atoms with Gasteiger partial charge in [-0.15, -0.1) is 0 Å². The lowest BCUT2D eigenvalue weighted by atomic mass is 10.0. The maximum absolute atomic E-state index is 12.8. The number of H-pyrrole nitrogens is 1. The Morgan fingerprint density at radius 1 is 1.07 bits per heavy atom. The van der Waals surface area contributed by atoms with Crippen molar-refractivity contribution in [3.05, 3.63) is 59.8 Å². The fourth-order valence-corrected chi connectivity index (χ4v) is 3.61. The summed E-state index contributed by atoms with van der Waals surface area (Å²) in [6.45, 7) is 0.389. The monoisotopic (exact) mass is 363 g/mol. The molecular weight excluding hydrogens is 346 g/mol. The highest BCUT2D eigenvalue weighted by Gasteiger charge is 2.38. The van der Waals surface area contributed by atoms with Crippen LogP contribution >= 0.6 is 0 Å². The van der Waals surface area contributed by atoms with Crippen LogP contribution in [-0.2, 0) is 17.8 Å². The number of carbonyl (C=O) groups is 2. The first-order valence-corrected chi connectivity index (χ1v) is 8.74. The van der Waals surface area contributed by atoms with E-state index < -0.39 is 6.04 Å². The van der Waals surface area contributed by atoms with Crippen LogP contribution in [0.2, 0.25) is 0 Å². The molecule has 2 aliphatic rings. The van der Waals surface area contributed by atoms with Crippen LogP contribution in [0.3, 0.4) is 0 Å². The molecule has 7 heteroatoms. The van der Waals surface area contributed by atoms with Crippen molar-refractivity contribution in [2.24, 2.45) is 0 Å². The molecule has 0 bridgehead atoms. The zero-order valence-electron chi connectivity index (χ0n) is 14.4. The van der Waals surface area contributed by atoms with Gasteiger partial charge in [0.1, 0.15) is 6.04 Å². The quantitative estimate of drug-likeness (QED) is 0.698. The van der Waals surface area contributed by atoms with Gasteiger partial charge in [-0.3, -0.25) is 9.69 Å². The summed E-state index contributed by atoms with van der Waals surface area (Å²) in [5, 5.41) is 3.86. The van der Waals surface area contributed by atoms with Crippen molar-refractivity contribution >= 4 is 22.8 Å². The molecule has 3 aromatic rings. The highest BCUT2D eigenvalue weighted by atomic mass is 16.7. The number of para-hydroxylation sites is 1. The molecule has 0 spiro atoms. The second-order valence-corrected chi connectivity index (χ2v) is 6.68. The van der Waals surface area contributed by atoms with Gasteiger partial charge >= 0.3 is 6.03 Å². The fraction of sp³-hybridized carbons (Fsp3) is 0.200. The number of urea groups is 1. The molecule has 1 saturated heterocycles. The molecule has 0 radical (unpaired) electrons. The number of fused-ring (bicyclic) bond motifs is 2. The van der Waals surface area contributed by atoms with Crippen molar-refractivity contribution in [2.45, 2.75) is 19.0 Å². The largest absolute Gasteiger partial charge is 0.454 e. The lowest BCUT2D eigenvalue weighted by molar-refractivity contribution is -0.127. The SMILES string of the molecule is O=C1NC(Cc2c[nH]c3ccccc23)C(=O)N1Cc1ccc2c(c1)OCO2. The molecule has 1 atom stereocenters. The molecule has 2 N–H and O–H groups in total. The topological polar surface area (TPSA) is 83.7 Å². The van der Waals surface area contributed by atoms with E-state index in [1.165, 1.54) is 4.90 Å². The van der Waals surface area contributed by atoms with E-state index in [-0.39, 0.29) is 25.3 Å². The summed E-state index contributed by atoms with van der Waals surface area (Å²) in [4.78, 5) is 29.6. The summed E-state index contributed by atoms with van der Waals surface area (Å²) < 4.78 is 10.7. The number of imide groups is 1. The lowest BCUT2D eigenvalue weighted by Gasteiger charge is -2.13. The molecular formula is C20H17N3O4. The number of aromatic nitrogens is 1. The zero-order valence-corrected chi connectivity index (χ0v) is 14.4. The number of nitrogens with zero attached hydrogens (tertiary/aromatic N) is 1. The molecule has 3 heterocycles. The van der Waals surface area contributed by atoms with Gasteiger partial charge in [-0.2, -0.15) is 0 Å². The van der Waals surface area contributed by atoms with Crippen molar-refractivity contribution < 1.29 is 19.1 Å². The normalized spacial score (nSPS) is 18.4. The zero-order chi connectivity index (χ0) is 18.4. The van der Waals surface area contributed by atoms with Crippen molar-refractivity contribution in [3.8, 4) is 11.5 Å². The molecule has 1 aromatic heterocycles. The number of nitrogens with one attached hydrogen (secondary N) is 2. The average Bonchev–Trinajstić information content (AvgIpc) is 3.37. The smallest absolute Gasteiger partial charge is 0.325 e. The van der Waals surface area contributed by atoms with E-state index in [4.69, 9.17) is 9.47 Å². The second-order valence-electron chi connectivity index (χ2n) is 6.68. The maximum Gasteiger partial charge on any atom is 0.325 e. The predicted molar refractivity (Wildman–Crippen MR) is 97.4 cm³/mol. The van der Waals surface area contributed by atoms with Gasteiger partial charge in [-0.1, -0.05) is 24.3 Å². The molecule has 3 amide bonds. The Labute approximate surface area is 154 Å². The van der Waals surface area contributed by atoms with Crippen LogP contribution in [0.15, 0.2) is 48.7 Å². The minimum atomic E-state index is -0.564. The third-order valence-corrected chi connectivity index (χ3v) is 4.98. The van der Waals surface area contributed by atoms with Crippen molar-refractivity contribution in [3.63, 3.8) is 0 Å². The number of carbonyl (C=O) groups excluding carboxylic acids is 2. The molecule has 7 nitrogen and oxygen atoms in total. The minimum Gasteiger partial charge on any atom is -0.454 e. The van der Waals surface area contributed by atoms with Gasteiger partial charge in [0.2, 0.25) is 6.79 Å². The third kappa shape index (κ3) is 2.68. The Kier molecular flexibility index (Phi) is 3.53. The number of aromatic amines is 1. The highest BCUT2D eigenvalue weighted by molar-refractivity contribution is 6.04. The summed E-state index contributed by atoms with van der Waals surface area (Å²) in [7, 11) is 0. The van der Waals surface area contributed by atoms with Gasteiger partial charge in [0.15, 0.2) is 11.5 Å². The Hall–Kier alpha value is -3.48. The van der Waals surface area contributed by atoms with Gasteiger partial charge in [-0.05, 0) is 29.3 Å². The van der Waals surface area contributed by atoms with E-state index in [0.29, 0.717) is 17.9 Å². The predicted octanol–water partition coefficient (Wildman–Crippen LogP) is 2.56. The summed E-state index contributed by atoms with van der Waals surface area (Å²) >= 11 is 0. The molecule has 0 aliphatic carbocycles. The molecule has 1 fully saturated rings. The molecule has 2 aromatic carbocycles. The Balaban J connectivity index is 1.34. The average molecular weight is 363 g/mol. The van der Waals surface area contributed by atoms with Crippen LogP contribution in [0.5, 0.6) is 11.5 Å². The number of benzene rings is 2. The second kappa shape index (κ2) is 6.05. The number of hydrogen-bond donors (Lipinski definition) is 2. The summed E-state index contributed by atoms with van der Waals surface area (Å²) in [5.41, 5.74) is 2.84. The van der Waals surface area contributed by atoms with E-state index in [9.17, 15) is 9.59 Å². The Bertz CT molecular complexity index is 1060. The molecule has 2 aliphatic heterocycles. The maximum atomic E-state index is 12.8. The van der Waals surface area contributed by atoms with Crippen LogP contribution in [0, 0.1) is 0 Å². The van der Waals surface area contributed by atoms with Gasteiger partial charge < -0.3 is 19.8 Å².